The van der Waals surface area contributed by atoms with Gasteiger partial charge in [0, 0.05) is 16.9 Å². The number of amides is 1. The summed E-state index contributed by atoms with van der Waals surface area (Å²) in [6.07, 6.45) is 0. The number of aromatic nitrogens is 2. The summed E-state index contributed by atoms with van der Waals surface area (Å²) in [7, 11) is 1.23. The Bertz CT molecular complexity index is 1370. The van der Waals surface area contributed by atoms with Gasteiger partial charge in [0.1, 0.15) is 11.0 Å². The predicted octanol–water partition coefficient (Wildman–Crippen LogP) is 3.59. The number of carbonyl (C=O) groups excluding carboxylic acids is 2. The molecular weight excluding hydrogens is 467 g/mol. The monoisotopic (exact) mass is 484 g/mol. The molecule has 5 rings (SSSR count). The van der Waals surface area contributed by atoms with Crippen molar-refractivity contribution >= 4 is 40.8 Å². The zero-order chi connectivity index (χ0) is 23.5. The van der Waals surface area contributed by atoms with Gasteiger partial charge in [-0.3, -0.25) is 9.89 Å². The molecule has 0 unspecified atom stereocenters. The number of ether oxygens (including phenoxy) is 2. The molecule has 1 amide bonds. The van der Waals surface area contributed by atoms with Crippen LogP contribution in [0.3, 0.4) is 0 Å². The molecule has 1 spiro atoms. The number of esters is 1. The SMILES string of the molecule is COC(=O)C1=C(N)Oc2n[nH]c(C)c2[C@]12C(=O)N(Cc1ccc(Cl)c(Cl)c1)c1ccccc12. The second kappa shape index (κ2) is 7.54. The number of carbonyl (C=O) groups is 2. The van der Waals surface area contributed by atoms with Gasteiger partial charge in [-0.05, 0) is 30.7 Å². The van der Waals surface area contributed by atoms with E-state index in [0.29, 0.717) is 32.6 Å². The van der Waals surface area contributed by atoms with Crippen LogP contribution in [0.15, 0.2) is 53.9 Å². The summed E-state index contributed by atoms with van der Waals surface area (Å²) in [5, 5.41) is 7.80. The van der Waals surface area contributed by atoms with Gasteiger partial charge in [-0.1, -0.05) is 47.5 Å². The third-order valence-electron chi connectivity index (χ3n) is 6.00. The van der Waals surface area contributed by atoms with Gasteiger partial charge in [0.15, 0.2) is 0 Å². The number of aromatic amines is 1. The minimum absolute atomic E-state index is 0.0870. The Morgan fingerprint density at radius 1 is 1.24 bits per heavy atom. The minimum atomic E-state index is -1.59. The summed E-state index contributed by atoms with van der Waals surface area (Å²) < 4.78 is 10.7. The number of rotatable bonds is 3. The zero-order valence-corrected chi connectivity index (χ0v) is 19.1. The number of H-pyrrole nitrogens is 1. The van der Waals surface area contributed by atoms with Crippen LogP contribution >= 0.6 is 23.2 Å². The first kappa shape index (κ1) is 21.4. The van der Waals surface area contributed by atoms with E-state index >= 15 is 0 Å². The lowest BCUT2D eigenvalue weighted by Crippen LogP contribution is -2.48. The molecule has 1 atom stereocenters. The molecular formula is C23H18Cl2N4O4. The van der Waals surface area contributed by atoms with Crippen LogP contribution in [0.5, 0.6) is 5.88 Å². The standard InChI is InChI=1S/C23H18Cl2N4O4/c1-11-17-20(28-27-11)33-19(26)18(21(30)32-2)23(17)13-5-3-4-6-16(13)29(22(23)31)10-12-7-8-14(24)15(25)9-12/h3-9H,10,26H2,1-2H3,(H,27,28)/t23-/m0/s1. The summed E-state index contributed by atoms with van der Waals surface area (Å²) in [6, 6.07) is 12.4. The molecule has 2 aromatic carbocycles. The number of hydrogen-bond acceptors (Lipinski definition) is 6. The molecule has 3 aromatic rings. The van der Waals surface area contributed by atoms with Crippen LogP contribution < -0.4 is 15.4 Å². The van der Waals surface area contributed by atoms with Gasteiger partial charge in [0.25, 0.3) is 0 Å². The maximum Gasteiger partial charge on any atom is 0.340 e. The maximum atomic E-state index is 14.4. The van der Waals surface area contributed by atoms with Crippen LogP contribution in [0.25, 0.3) is 0 Å². The summed E-state index contributed by atoms with van der Waals surface area (Å²) in [5.41, 5.74) is 7.46. The molecule has 10 heteroatoms. The zero-order valence-electron chi connectivity index (χ0n) is 17.6. The Hall–Kier alpha value is -3.49. The fourth-order valence-corrected chi connectivity index (χ4v) is 4.98. The van der Waals surface area contributed by atoms with Gasteiger partial charge >= 0.3 is 5.97 Å². The Morgan fingerprint density at radius 2 is 2.00 bits per heavy atom. The molecule has 0 radical (unpaired) electrons. The van der Waals surface area contributed by atoms with E-state index in [1.165, 1.54) is 7.11 Å². The first-order valence-electron chi connectivity index (χ1n) is 9.98. The van der Waals surface area contributed by atoms with E-state index in [9.17, 15) is 9.59 Å². The molecule has 2 aliphatic rings. The first-order chi connectivity index (χ1) is 15.8. The van der Waals surface area contributed by atoms with E-state index in [2.05, 4.69) is 10.2 Å². The van der Waals surface area contributed by atoms with Crippen molar-refractivity contribution in [3.05, 3.63) is 86.4 Å². The Balaban J connectivity index is 1.78. The maximum absolute atomic E-state index is 14.4. The summed E-state index contributed by atoms with van der Waals surface area (Å²) >= 11 is 12.3. The van der Waals surface area contributed by atoms with Gasteiger partial charge in [-0.2, -0.15) is 0 Å². The van der Waals surface area contributed by atoms with Crippen LogP contribution in [0, 0.1) is 6.92 Å². The number of hydrogen-bond donors (Lipinski definition) is 2. The lowest BCUT2D eigenvalue weighted by Gasteiger charge is -2.34. The van der Waals surface area contributed by atoms with Gasteiger partial charge in [0.2, 0.25) is 17.7 Å². The number of anilines is 1. The van der Waals surface area contributed by atoms with Crippen LogP contribution in [0.1, 0.15) is 22.4 Å². The molecule has 0 bridgehead atoms. The molecule has 0 fully saturated rings. The Morgan fingerprint density at radius 3 is 2.73 bits per heavy atom. The van der Waals surface area contributed by atoms with Crippen molar-refractivity contribution in [1.29, 1.82) is 0 Å². The highest BCUT2D eigenvalue weighted by molar-refractivity contribution is 6.42. The molecule has 0 aliphatic carbocycles. The van der Waals surface area contributed by atoms with Gasteiger partial charge in [-0.25, -0.2) is 4.79 Å². The number of nitrogens with two attached hydrogens (primary N) is 1. The third-order valence-corrected chi connectivity index (χ3v) is 6.74. The summed E-state index contributed by atoms with van der Waals surface area (Å²) in [6.45, 7) is 1.95. The number of nitrogens with zero attached hydrogens (tertiary/aromatic N) is 2. The molecule has 2 aliphatic heterocycles. The summed E-state index contributed by atoms with van der Waals surface area (Å²) in [5.74, 6) is -1.25. The van der Waals surface area contributed by atoms with Crippen molar-refractivity contribution in [1.82, 2.24) is 10.2 Å². The number of nitrogens with one attached hydrogen (secondary N) is 1. The minimum Gasteiger partial charge on any atom is -0.465 e. The van der Waals surface area contributed by atoms with Crippen molar-refractivity contribution in [2.45, 2.75) is 18.9 Å². The molecule has 168 valence electrons. The van der Waals surface area contributed by atoms with Crippen molar-refractivity contribution in [3.8, 4) is 5.88 Å². The molecule has 1 aromatic heterocycles. The van der Waals surface area contributed by atoms with Crippen molar-refractivity contribution in [2.24, 2.45) is 5.73 Å². The highest BCUT2D eigenvalue weighted by Gasteiger charge is 2.62. The van der Waals surface area contributed by atoms with Crippen LogP contribution in [0.4, 0.5) is 5.69 Å². The molecule has 33 heavy (non-hydrogen) atoms. The van der Waals surface area contributed by atoms with Crippen LogP contribution in [-0.4, -0.2) is 29.2 Å². The molecule has 8 nitrogen and oxygen atoms in total. The normalized spacial score (nSPS) is 18.9. The van der Waals surface area contributed by atoms with Gasteiger partial charge in [-0.15, -0.1) is 5.10 Å². The number of para-hydroxylation sites is 1. The highest BCUT2D eigenvalue weighted by Crippen LogP contribution is 2.56. The van der Waals surface area contributed by atoms with E-state index in [0.717, 1.165) is 5.56 Å². The van der Waals surface area contributed by atoms with Crippen LogP contribution in [0.2, 0.25) is 10.0 Å². The lowest BCUT2D eigenvalue weighted by molar-refractivity contribution is -0.138. The third kappa shape index (κ3) is 2.87. The summed E-state index contributed by atoms with van der Waals surface area (Å²) in [4.78, 5) is 29.0. The van der Waals surface area contributed by atoms with Crippen molar-refractivity contribution in [2.75, 3.05) is 12.0 Å². The van der Waals surface area contributed by atoms with Crippen molar-refractivity contribution < 1.29 is 19.1 Å². The topological polar surface area (TPSA) is 111 Å². The molecule has 3 N–H and O–H groups in total. The van der Waals surface area contributed by atoms with Gasteiger partial charge in [0.05, 0.1) is 29.3 Å². The number of benzene rings is 2. The average molecular weight is 485 g/mol. The molecule has 3 heterocycles. The van der Waals surface area contributed by atoms with E-state index in [1.54, 1.807) is 42.2 Å². The Labute approximate surface area is 198 Å². The highest BCUT2D eigenvalue weighted by atomic mass is 35.5. The second-order valence-electron chi connectivity index (χ2n) is 7.77. The van der Waals surface area contributed by atoms with E-state index in [1.807, 2.05) is 12.1 Å². The fourth-order valence-electron chi connectivity index (χ4n) is 4.66. The first-order valence-corrected chi connectivity index (χ1v) is 10.7. The second-order valence-corrected chi connectivity index (χ2v) is 8.58. The largest absolute Gasteiger partial charge is 0.465 e. The fraction of sp³-hybridized carbons (Fsp3) is 0.174. The average Bonchev–Trinajstić information content (AvgIpc) is 3.28. The van der Waals surface area contributed by atoms with E-state index in [-0.39, 0.29) is 29.8 Å². The smallest absolute Gasteiger partial charge is 0.340 e. The number of fused-ring (bicyclic) bond motifs is 4. The molecule has 0 saturated carbocycles. The van der Waals surface area contributed by atoms with Crippen LogP contribution in [-0.2, 0) is 26.3 Å². The number of aryl methyl sites for hydroxylation is 1. The number of methoxy groups -OCH3 is 1. The van der Waals surface area contributed by atoms with E-state index < -0.39 is 11.4 Å². The molecule has 0 saturated heterocycles. The van der Waals surface area contributed by atoms with E-state index in [4.69, 9.17) is 38.4 Å². The Kier molecular flexibility index (Phi) is 4.88. The van der Waals surface area contributed by atoms with Gasteiger partial charge < -0.3 is 20.1 Å². The lowest BCUT2D eigenvalue weighted by atomic mass is 9.68. The number of halogens is 2. The quantitative estimate of drug-likeness (QED) is 0.549. The predicted molar refractivity (Wildman–Crippen MR) is 122 cm³/mol. The van der Waals surface area contributed by atoms with Crippen molar-refractivity contribution in [3.63, 3.8) is 0 Å².